The molecule has 0 N–H and O–H groups in total. The first-order valence-corrected chi connectivity index (χ1v) is 10.7. The van der Waals surface area contributed by atoms with Gasteiger partial charge in [-0.25, -0.2) is 0 Å². The Morgan fingerprint density at radius 2 is 1.30 bits per heavy atom. The number of benzene rings is 2. The second kappa shape index (κ2) is 7.02. The summed E-state index contributed by atoms with van der Waals surface area (Å²) in [5.41, 5.74) is 0. The maximum atomic E-state index is 2.44. The van der Waals surface area contributed by atoms with Crippen LogP contribution in [0, 0.1) is 23.7 Å². The molecule has 4 atom stereocenters. The van der Waals surface area contributed by atoms with E-state index in [0.29, 0.717) is 0 Å². The molecule has 0 aliphatic heterocycles. The van der Waals surface area contributed by atoms with E-state index in [1.165, 1.54) is 20.7 Å². The van der Waals surface area contributed by atoms with Crippen molar-refractivity contribution in [2.45, 2.75) is 12.8 Å². The van der Waals surface area contributed by atoms with Crippen LogP contribution < -0.4 is 7.91 Å². The van der Waals surface area contributed by atoms with Gasteiger partial charge in [0.2, 0.25) is 0 Å². The molecule has 0 saturated heterocycles. The topological polar surface area (TPSA) is 0 Å². The fourth-order valence-electron chi connectivity index (χ4n) is 3.99. The van der Waals surface area contributed by atoms with Gasteiger partial charge in [0.15, 0.2) is 0 Å². The Labute approximate surface area is 147 Å². The van der Waals surface area contributed by atoms with Crippen LogP contribution in [-0.4, -0.2) is 0 Å². The molecule has 0 spiro atoms. The van der Waals surface area contributed by atoms with Crippen LogP contribution in [0.3, 0.4) is 0 Å². The number of fused-ring (bicyclic) bond motifs is 5. The van der Waals surface area contributed by atoms with Crippen molar-refractivity contribution in [1.82, 2.24) is 0 Å². The monoisotopic (exact) mass is 481 g/mol. The van der Waals surface area contributed by atoms with Gasteiger partial charge < -0.3 is 0 Å². The molecular weight excluding hydrogens is 459 g/mol. The predicted octanol–water partition coefficient (Wildman–Crippen LogP) is 4.10. The third-order valence-corrected chi connectivity index (χ3v) is 7.89. The Morgan fingerprint density at radius 3 is 1.91 bits per heavy atom. The number of hydrogen-bond donors (Lipinski definition) is 0. The van der Waals surface area contributed by atoms with Crippen LogP contribution in [-0.2, 0) is 18.6 Å². The summed E-state index contributed by atoms with van der Waals surface area (Å²) >= 11 is 0.0186. The van der Waals surface area contributed by atoms with Crippen LogP contribution >= 0.6 is 0 Å². The first-order chi connectivity index (χ1) is 11.4. The maximum absolute atomic E-state index is 2.44. The zero-order valence-electron chi connectivity index (χ0n) is 13.1. The first kappa shape index (κ1) is 15.2. The van der Waals surface area contributed by atoms with Crippen molar-refractivity contribution in [2.24, 2.45) is 23.7 Å². The van der Waals surface area contributed by atoms with E-state index >= 15 is 0 Å². The molecule has 1 fully saturated rings. The van der Waals surface area contributed by atoms with Crippen LogP contribution in [0.15, 0.2) is 85.0 Å². The molecule has 0 radical (unpaired) electrons. The second-order valence-corrected chi connectivity index (χ2v) is 9.64. The van der Waals surface area contributed by atoms with Gasteiger partial charge in [0, 0.05) is 0 Å². The molecule has 0 heterocycles. The van der Waals surface area contributed by atoms with Crippen molar-refractivity contribution < 1.29 is 18.6 Å². The third-order valence-electron chi connectivity index (χ3n) is 5.06. The van der Waals surface area contributed by atoms with E-state index in [1.807, 2.05) is 0 Å². The Bertz CT molecular complexity index is 649. The Balaban J connectivity index is 0.000000121. The second-order valence-electron chi connectivity index (χ2n) is 6.45. The Morgan fingerprint density at radius 1 is 0.696 bits per heavy atom. The Kier molecular flexibility index (Phi) is 4.62. The van der Waals surface area contributed by atoms with Gasteiger partial charge in [0.05, 0.1) is 0 Å². The molecule has 3 aliphatic carbocycles. The normalized spacial score (nSPS) is 29.4. The quantitative estimate of drug-likeness (QED) is 0.567. The summed E-state index contributed by atoms with van der Waals surface area (Å²) in [7, 11) is 0. The van der Waals surface area contributed by atoms with E-state index in [4.69, 9.17) is 0 Å². The number of allylic oxidation sites excluding steroid dienone is 4. The van der Waals surface area contributed by atoms with Crippen LogP contribution in [0.25, 0.3) is 0 Å². The molecule has 5 rings (SSSR count). The molecule has 3 aliphatic rings. The van der Waals surface area contributed by atoms with Crippen LogP contribution in [0.4, 0.5) is 0 Å². The summed E-state index contributed by atoms with van der Waals surface area (Å²) in [6, 6.07) is 21.4. The van der Waals surface area contributed by atoms with Crippen molar-refractivity contribution in [3.05, 3.63) is 85.0 Å². The van der Waals surface area contributed by atoms with E-state index in [2.05, 4.69) is 85.0 Å². The first-order valence-electron chi connectivity index (χ1n) is 8.44. The minimum atomic E-state index is 0.0186. The third kappa shape index (κ3) is 3.43. The predicted molar refractivity (Wildman–Crippen MR) is 93.6 cm³/mol. The molecule has 0 nitrogen and oxygen atoms in total. The van der Waals surface area contributed by atoms with Crippen molar-refractivity contribution in [3.8, 4) is 0 Å². The number of hydrogen-bond acceptors (Lipinski definition) is 0. The van der Waals surface area contributed by atoms with Crippen LogP contribution in [0.1, 0.15) is 12.8 Å². The summed E-state index contributed by atoms with van der Waals surface area (Å²) in [4.78, 5) is 0. The average molecular weight is 481 g/mol. The molecule has 2 bridgehead atoms. The van der Waals surface area contributed by atoms with Gasteiger partial charge >= 0.3 is 87.1 Å². The average Bonchev–Trinajstić information content (AvgIpc) is 3.32. The Hall–Kier alpha value is -1.39. The van der Waals surface area contributed by atoms with Crippen molar-refractivity contribution in [2.75, 3.05) is 0 Å². The van der Waals surface area contributed by atoms with Gasteiger partial charge in [-0.2, -0.15) is 0 Å². The van der Waals surface area contributed by atoms with Gasteiger partial charge in [-0.1, -0.05) is 24.3 Å². The molecule has 2 aromatic carbocycles. The molecule has 23 heavy (non-hydrogen) atoms. The van der Waals surface area contributed by atoms with E-state index in [9.17, 15) is 0 Å². The molecule has 0 aromatic heterocycles. The summed E-state index contributed by atoms with van der Waals surface area (Å²) < 4.78 is 2.96. The molecule has 1 saturated carbocycles. The molecule has 4 unspecified atom stereocenters. The minimum absolute atomic E-state index is 0.0186. The van der Waals surface area contributed by atoms with E-state index in [-0.39, 0.29) is 18.6 Å². The van der Waals surface area contributed by atoms with Crippen molar-refractivity contribution in [3.63, 3.8) is 0 Å². The molecular formula is C22H22Pt. The zero-order chi connectivity index (χ0) is 15.5. The molecule has 2 aromatic rings. The summed E-state index contributed by atoms with van der Waals surface area (Å²) in [6.07, 6.45) is 12.5. The van der Waals surface area contributed by atoms with Crippen LogP contribution in [0.2, 0.25) is 0 Å². The van der Waals surface area contributed by atoms with Gasteiger partial charge in [-0.15, -0.1) is 0 Å². The van der Waals surface area contributed by atoms with E-state index in [0.717, 1.165) is 23.7 Å². The van der Waals surface area contributed by atoms with Crippen molar-refractivity contribution in [1.29, 1.82) is 0 Å². The molecule has 0 amide bonds. The van der Waals surface area contributed by atoms with Gasteiger partial charge in [-0.3, -0.25) is 0 Å². The standard InChI is InChI=1S/C10H12.2C6H5.Pt/c1-2-9-7-4-5-8(6-7)10(9)3-1;2*1-2-4-6-5-3-1;/h1-2,4-5,7-10H,3,6H2;2*1-5H;. The fourth-order valence-corrected chi connectivity index (χ4v) is 6.38. The summed E-state index contributed by atoms with van der Waals surface area (Å²) in [6.45, 7) is 0. The molecule has 1 heteroatoms. The SMILES string of the molecule is C1=CC2C3C=CC(C3)C2C1.c1cc[c]([Pt][c]2ccccc2)cc1. The van der Waals surface area contributed by atoms with Gasteiger partial charge in [0.1, 0.15) is 0 Å². The number of rotatable bonds is 2. The summed E-state index contributed by atoms with van der Waals surface area (Å²) in [5, 5.41) is 0. The van der Waals surface area contributed by atoms with Gasteiger partial charge in [-0.05, 0) is 36.5 Å². The zero-order valence-corrected chi connectivity index (χ0v) is 15.4. The van der Waals surface area contributed by atoms with E-state index in [1.54, 1.807) is 0 Å². The van der Waals surface area contributed by atoms with Crippen molar-refractivity contribution >= 4 is 7.91 Å². The van der Waals surface area contributed by atoms with Gasteiger partial charge in [0.25, 0.3) is 0 Å². The fraction of sp³-hybridized carbons (Fsp3) is 0.273. The molecule has 120 valence electrons. The summed E-state index contributed by atoms with van der Waals surface area (Å²) in [5.74, 6) is 3.82. The van der Waals surface area contributed by atoms with E-state index < -0.39 is 0 Å². The van der Waals surface area contributed by atoms with Crippen LogP contribution in [0.5, 0.6) is 0 Å².